The minimum absolute atomic E-state index is 0.0723. The lowest BCUT2D eigenvalue weighted by atomic mass is 10.1. The first kappa shape index (κ1) is 19.5. The van der Waals surface area contributed by atoms with Crippen molar-refractivity contribution in [3.63, 3.8) is 0 Å². The van der Waals surface area contributed by atoms with Crippen LogP contribution in [0, 0.1) is 0 Å². The van der Waals surface area contributed by atoms with Crippen LogP contribution in [-0.2, 0) is 13.2 Å². The summed E-state index contributed by atoms with van der Waals surface area (Å²) in [4.78, 5) is 11.9. The Kier molecular flexibility index (Phi) is 7.04. The zero-order valence-corrected chi connectivity index (χ0v) is 15.6. The number of benzene rings is 3. The minimum Gasteiger partial charge on any atom is -0.489 e. The van der Waals surface area contributed by atoms with Gasteiger partial charge < -0.3 is 20.5 Å². The van der Waals surface area contributed by atoms with Crippen LogP contribution in [-0.4, -0.2) is 24.2 Å². The molecule has 0 unspecified atom stereocenters. The third kappa shape index (κ3) is 5.59. The molecule has 0 atom stereocenters. The maximum atomic E-state index is 11.9. The van der Waals surface area contributed by atoms with Crippen LogP contribution in [0.4, 0.5) is 5.69 Å². The van der Waals surface area contributed by atoms with Crippen molar-refractivity contribution in [2.75, 3.05) is 18.5 Å². The fourth-order valence-corrected chi connectivity index (χ4v) is 2.73. The Morgan fingerprint density at radius 2 is 1.61 bits per heavy atom. The van der Waals surface area contributed by atoms with E-state index in [9.17, 15) is 4.79 Å². The van der Waals surface area contributed by atoms with Gasteiger partial charge in [-0.2, -0.15) is 0 Å². The molecule has 5 heteroatoms. The Balaban J connectivity index is 1.58. The Labute approximate surface area is 165 Å². The van der Waals surface area contributed by atoms with Crippen molar-refractivity contribution in [2.24, 2.45) is 0 Å². The van der Waals surface area contributed by atoms with Crippen molar-refractivity contribution in [2.45, 2.75) is 13.2 Å². The molecule has 0 fully saturated rings. The van der Waals surface area contributed by atoms with E-state index in [2.05, 4.69) is 10.6 Å². The monoisotopic (exact) mass is 376 g/mol. The van der Waals surface area contributed by atoms with E-state index in [0.717, 1.165) is 22.6 Å². The molecule has 0 spiro atoms. The van der Waals surface area contributed by atoms with E-state index in [1.807, 2.05) is 66.7 Å². The van der Waals surface area contributed by atoms with Crippen molar-refractivity contribution in [3.8, 4) is 5.75 Å². The number of hydrogen-bond acceptors (Lipinski definition) is 4. The van der Waals surface area contributed by atoms with Gasteiger partial charge in [-0.15, -0.1) is 0 Å². The van der Waals surface area contributed by atoms with Crippen LogP contribution in [0.2, 0.25) is 0 Å². The van der Waals surface area contributed by atoms with Crippen molar-refractivity contribution in [1.29, 1.82) is 0 Å². The summed E-state index contributed by atoms with van der Waals surface area (Å²) in [5.74, 6) is 0.652. The standard InChI is InChI=1S/C23H24N2O3/c26-15-14-24-23(27)19-10-12-21(13-11-19)25-16-20-8-4-5-9-22(20)28-17-18-6-2-1-3-7-18/h1-13,25-26H,14-17H2,(H,24,27). The van der Waals surface area contributed by atoms with Gasteiger partial charge >= 0.3 is 0 Å². The van der Waals surface area contributed by atoms with Crippen LogP contribution in [0.3, 0.4) is 0 Å². The van der Waals surface area contributed by atoms with Gasteiger partial charge in [0.25, 0.3) is 5.91 Å². The molecule has 5 nitrogen and oxygen atoms in total. The number of hydrogen-bond donors (Lipinski definition) is 3. The molecule has 0 aliphatic heterocycles. The van der Waals surface area contributed by atoms with Gasteiger partial charge in [0, 0.05) is 29.9 Å². The summed E-state index contributed by atoms with van der Waals surface area (Å²) in [5.41, 5.74) is 3.66. The molecule has 1 amide bonds. The molecule has 0 aliphatic rings. The summed E-state index contributed by atoms with van der Waals surface area (Å²) in [6.07, 6.45) is 0. The second-order valence-electron chi connectivity index (χ2n) is 6.29. The van der Waals surface area contributed by atoms with Gasteiger partial charge in [0.2, 0.25) is 0 Å². The van der Waals surface area contributed by atoms with Crippen LogP contribution in [0.1, 0.15) is 21.5 Å². The Morgan fingerprint density at radius 1 is 0.893 bits per heavy atom. The summed E-state index contributed by atoms with van der Waals surface area (Å²) in [5, 5.41) is 14.8. The zero-order chi connectivity index (χ0) is 19.6. The number of carbonyl (C=O) groups is 1. The first-order chi connectivity index (χ1) is 13.8. The molecule has 3 aromatic rings. The molecule has 0 bridgehead atoms. The number of ether oxygens (including phenoxy) is 1. The van der Waals surface area contributed by atoms with E-state index in [-0.39, 0.29) is 19.1 Å². The maximum Gasteiger partial charge on any atom is 0.251 e. The molecular weight excluding hydrogens is 352 g/mol. The average Bonchev–Trinajstić information content (AvgIpc) is 2.76. The molecule has 0 aromatic heterocycles. The average molecular weight is 376 g/mol. The largest absolute Gasteiger partial charge is 0.489 e. The number of rotatable bonds is 9. The van der Waals surface area contributed by atoms with Gasteiger partial charge in [-0.25, -0.2) is 0 Å². The van der Waals surface area contributed by atoms with Gasteiger partial charge in [-0.1, -0.05) is 48.5 Å². The highest BCUT2D eigenvalue weighted by molar-refractivity contribution is 5.94. The summed E-state index contributed by atoms with van der Waals surface area (Å²) in [6, 6.07) is 25.3. The predicted molar refractivity (Wildman–Crippen MR) is 110 cm³/mol. The Morgan fingerprint density at radius 3 is 2.36 bits per heavy atom. The fraction of sp³-hybridized carbons (Fsp3) is 0.174. The fourth-order valence-electron chi connectivity index (χ4n) is 2.73. The normalized spacial score (nSPS) is 10.3. The molecular formula is C23H24N2O3. The lowest BCUT2D eigenvalue weighted by molar-refractivity contribution is 0.0945. The van der Waals surface area contributed by atoms with E-state index >= 15 is 0 Å². The molecule has 3 rings (SSSR count). The first-order valence-electron chi connectivity index (χ1n) is 9.24. The molecule has 0 heterocycles. The molecule has 28 heavy (non-hydrogen) atoms. The van der Waals surface area contributed by atoms with Crippen molar-refractivity contribution < 1.29 is 14.6 Å². The van der Waals surface area contributed by atoms with Gasteiger partial charge in [0.05, 0.1) is 6.61 Å². The third-order valence-corrected chi connectivity index (χ3v) is 4.24. The predicted octanol–water partition coefficient (Wildman–Crippen LogP) is 3.60. The number of nitrogens with one attached hydrogen (secondary N) is 2. The number of carbonyl (C=O) groups excluding carboxylic acids is 1. The van der Waals surface area contributed by atoms with Gasteiger partial charge in [-0.05, 0) is 35.9 Å². The van der Waals surface area contributed by atoms with Crippen LogP contribution < -0.4 is 15.4 Å². The molecule has 3 N–H and O–H groups in total. The lowest BCUT2D eigenvalue weighted by Crippen LogP contribution is -2.26. The van der Waals surface area contributed by atoms with Crippen LogP contribution in [0.5, 0.6) is 5.75 Å². The summed E-state index contributed by atoms with van der Waals surface area (Å²) in [7, 11) is 0. The molecule has 0 saturated heterocycles. The summed E-state index contributed by atoms with van der Waals surface area (Å²) in [6.45, 7) is 1.31. The summed E-state index contributed by atoms with van der Waals surface area (Å²) >= 11 is 0. The second-order valence-corrected chi connectivity index (χ2v) is 6.29. The summed E-state index contributed by atoms with van der Waals surface area (Å²) < 4.78 is 5.99. The highest BCUT2D eigenvalue weighted by Gasteiger charge is 2.06. The van der Waals surface area contributed by atoms with Gasteiger partial charge in [-0.3, -0.25) is 4.79 Å². The van der Waals surface area contributed by atoms with Crippen molar-refractivity contribution in [3.05, 3.63) is 95.6 Å². The minimum atomic E-state index is -0.194. The van der Waals surface area contributed by atoms with E-state index in [1.54, 1.807) is 12.1 Å². The smallest absolute Gasteiger partial charge is 0.251 e. The highest BCUT2D eigenvalue weighted by atomic mass is 16.5. The Hall–Kier alpha value is -3.31. The van der Waals surface area contributed by atoms with Gasteiger partial charge in [0.1, 0.15) is 12.4 Å². The van der Waals surface area contributed by atoms with E-state index in [0.29, 0.717) is 18.7 Å². The van der Waals surface area contributed by atoms with E-state index in [1.165, 1.54) is 0 Å². The van der Waals surface area contributed by atoms with E-state index < -0.39 is 0 Å². The topological polar surface area (TPSA) is 70.6 Å². The van der Waals surface area contributed by atoms with E-state index in [4.69, 9.17) is 9.84 Å². The van der Waals surface area contributed by atoms with Crippen LogP contribution in [0.25, 0.3) is 0 Å². The molecule has 0 saturated carbocycles. The lowest BCUT2D eigenvalue weighted by Gasteiger charge is -2.13. The number of aliphatic hydroxyl groups is 1. The molecule has 3 aromatic carbocycles. The Bertz CT molecular complexity index is 880. The number of anilines is 1. The van der Waals surface area contributed by atoms with Crippen LogP contribution in [0.15, 0.2) is 78.9 Å². The molecule has 0 radical (unpaired) electrons. The zero-order valence-electron chi connectivity index (χ0n) is 15.6. The highest BCUT2D eigenvalue weighted by Crippen LogP contribution is 2.21. The maximum absolute atomic E-state index is 11.9. The number of aliphatic hydroxyl groups excluding tert-OH is 1. The van der Waals surface area contributed by atoms with Crippen LogP contribution >= 0.6 is 0 Å². The third-order valence-electron chi connectivity index (χ3n) is 4.24. The quantitative estimate of drug-likeness (QED) is 0.534. The van der Waals surface area contributed by atoms with Crippen molar-refractivity contribution >= 4 is 11.6 Å². The molecule has 0 aliphatic carbocycles. The van der Waals surface area contributed by atoms with Crippen molar-refractivity contribution in [1.82, 2.24) is 5.32 Å². The molecule has 144 valence electrons. The van der Waals surface area contributed by atoms with Gasteiger partial charge in [0.15, 0.2) is 0 Å². The first-order valence-corrected chi connectivity index (χ1v) is 9.24. The number of amides is 1. The number of para-hydroxylation sites is 1. The second kappa shape index (κ2) is 10.1. The SMILES string of the molecule is O=C(NCCO)c1ccc(NCc2ccccc2OCc2ccccc2)cc1.